The van der Waals surface area contributed by atoms with E-state index in [1.54, 1.807) is 0 Å². The predicted octanol–water partition coefficient (Wildman–Crippen LogP) is 1.15. The zero-order chi connectivity index (χ0) is 10.9. The molecule has 0 aliphatic rings. The van der Waals surface area contributed by atoms with E-state index < -0.39 is 11.9 Å². The van der Waals surface area contributed by atoms with E-state index in [0.717, 1.165) is 10.7 Å². The van der Waals surface area contributed by atoms with Gasteiger partial charge in [-0.25, -0.2) is 0 Å². The number of nitrogens with zero attached hydrogens (tertiary/aromatic N) is 2. The van der Waals surface area contributed by atoms with Crippen LogP contribution in [0.5, 0.6) is 0 Å². The van der Waals surface area contributed by atoms with Crippen LogP contribution < -0.4 is 5.73 Å². The standard InChI is InChI=1S/C7H9F3N4/c1-4-2-5(7(8,9)10)13-14(4)3-6(11)12/h2H,3H2,1H3,(H3,11,12). The van der Waals surface area contributed by atoms with E-state index in [1.165, 1.54) is 6.92 Å². The maximum atomic E-state index is 12.2. The van der Waals surface area contributed by atoms with E-state index in [1.807, 2.05) is 0 Å². The molecule has 0 radical (unpaired) electrons. The number of rotatable bonds is 2. The Kier molecular flexibility index (Phi) is 2.50. The maximum Gasteiger partial charge on any atom is 0.435 e. The quantitative estimate of drug-likeness (QED) is 0.563. The molecule has 1 heterocycles. The van der Waals surface area contributed by atoms with Crippen LogP contribution in [0.25, 0.3) is 0 Å². The Labute approximate surface area is 78.0 Å². The average molecular weight is 206 g/mol. The van der Waals surface area contributed by atoms with Crippen LogP contribution in [0.3, 0.4) is 0 Å². The number of nitrogens with two attached hydrogens (primary N) is 1. The molecule has 0 atom stereocenters. The topological polar surface area (TPSA) is 67.7 Å². The molecule has 78 valence electrons. The number of alkyl halides is 3. The molecular formula is C7H9F3N4. The molecule has 0 fully saturated rings. The van der Waals surface area contributed by atoms with Gasteiger partial charge in [0.05, 0.1) is 6.54 Å². The molecule has 0 bridgehead atoms. The highest BCUT2D eigenvalue weighted by molar-refractivity contribution is 5.76. The normalized spacial score (nSPS) is 11.7. The fraction of sp³-hybridized carbons (Fsp3) is 0.429. The minimum Gasteiger partial charge on any atom is -0.386 e. The lowest BCUT2D eigenvalue weighted by Gasteiger charge is -2.02. The fourth-order valence-electron chi connectivity index (χ4n) is 0.970. The molecule has 4 nitrogen and oxygen atoms in total. The molecule has 0 saturated heterocycles. The molecule has 0 aromatic carbocycles. The second kappa shape index (κ2) is 3.32. The number of halogens is 3. The molecule has 0 aliphatic carbocycles. The average Bonchev–Trinajstić information content (AvgIpc) is 2.30. The number of hydrogen-bond acceptors (Lipinski definition) is 2. The molecule has 0 unspecified atom stereocenters. The summed E-state index contributed by atoms with van der Waals surface area (Å²) < 4.78 is 37.5. The first-order valence-electron chi connectivity index (χ1n) is 3.75. The third kappa shape index (κ3) is 2.24. The van der Waals surface area contributed by atoms with Crippen molar-refractivity contribution in [3.63, 3.8) is 0 Å². The first kappa shape index (κ1) is 10.6. The molecule has 14 heavy (non-hydrogen) atoms. The molecule has 3 N–H and O–H groups in total. The molecular weight excluding hydrogens is 197 g/mol. The van der Waals surface area contributed by atoms with Crippen LogP contribution in [-0.2, 0) is 12.7 Å². The summed E-state index contributed by atoms with van der Waals surface area (Å²) in [5.74, 6) is -0.232. The predicted molar refractivity (Wildman–Crippen MR) is 43.9 cm³/mol. The van der Waals surface area contributed by atoms with Crippen LogP contribution in [0.4, 0.5) is 13.2 Å². The van der Waals surface area contributed by atoms with Crippen molar-refractivity contribution in [2.24, 2.45) is 5.73 Å². The Morgan fingerprint density at radius 2 is 2.21 bits per heavy atom. The molecule has 7 heteroatoms. The zero-order valence-corrected chi connectivity index (χ0v) is 7.39. The third-order valence-electron chi connectivity index (χ3n) is 1.59. The van der Waals surface area contributed by atoms with Gasteiger partial charge in [0.25, 0.3) is 0 Å². The van der Waals surface area contributed by atoms with Crippen molar-refractivity contribution in [3.05, 3.63) is 17.5 Å². The Morgan fingerprint density at radius 1 is 1.64 bits per heavy atom. The van der Waals surface area contributed by atoms with Gasteiger partial charge in [-0.2, -0.15) is 18.3 Å². The number of aryl methyl sites for hydroxylation is 1. The number of nitrogens with one attached hydrogen (secondary N) is 1. The fourth-order valence-corrected chi connectivity index (χ4v) is 0.970. The van der Waals surface area contributed by atoms with Crippen molar-refractivity contribution in [1.82, 2.24) is 9.78 Å². The van der Waals surface area contributed by atoms with Crippen LogP contribution in [0.15, 0.2) is 6.07 Å². The third-order valence-corrected chi connectivity index (χ3v) is 1.59. The molecule has 1 aromatic heterocycles. The first-order valence-corrected chi connectivity index (χ1v) is 3.75. The van der Waals surface area contributed by atoms with Crippen molar-refractivity contribution >= 4 is 5.84 Å². The minimum atomic E-state index is -4.45. The molecule has 0 spiro atoms. The van der Waals surface area contributed by atoms with Gasteiger partial charge in [0, 0.05) is 5.69 Å². The first-order chi connectivity index (χ1) is 6.30. The highest BCUT2D eigenvalue weighted by atomic mass is 19.4. The summed E-state index contributed by atoms with van der Waals surface area (Å²) in [6, 6.07) is 0.920. The van der Waals surface area contributed by atoms with Crippen molar-refractivity contribution in [1.29, 1.82) is 5.41 Å². The molecule has 1 aromatic rings. The summed E-state index contributed by atoms with van der Waals surface area (Å²) >= 11 is 0. The van der Waals surface area contributed by atoms with E-state index in [-0.39, 0.29) is 12.4 Å². The zero-order valence-electron chi connectivity index (χ0n) is 7.39. The highest BCUT2D eigenvalue weighted by Crippen LogP contribution is 2.28. The number of amidine groups is 1. The van der Waals surface area contributed by atoms with E-state index in [4.69, 9.17) is 11.1 Å². The minimum absolute atomic E-state index is 0.123. The summed E-state index contributed by atoms with van der Waals surface area (Å²) in [4.78, 5) is 0. The van der Waals surface area contributed by atoms with Crippen molar-refractivity contribution < 1.29 is 13.2 Å². The lowest BCUT2D eigenvalue weighted by molar-refractivity contribution is -0.141. The molecule has 0 aliphatic heterocycles. The van der Waals surface area contributed by atoms with Crippen LogP contribution in [0.2, 0.25) is 0 Å². The van der Waals surface area contributed by atoms with Crippen LogP contribution in [-0.4, -0.2) is 15.6 Å². The van der Waals surface area contributed by atoms with Gasteiger partial charge < -0.3 is 5.73 Å². The second-order valence-electron chi connectivity index (χ2n) is 2.85. The van der Waals surface area contributed by atoms with Gasteiger partial charge >= 0.3 is 6.18 Å². The summed E-state index contributed by atoms with van der Waals surface area (Å²) in [6.45, 7) is 1.35. The summed E-state index contributed by atoms with van der Waals surface area (Å²) in [5.41, 5.74) is 4.42. The van der Waals surface area contributed by atoms with E-state index in [2.05, 4.69) is 5.10 Å². The van der Waals surface area contributed by atoms with Gasteiger partial charge in [0.1, 0.15) is 5.84 Å². The highest BCUT2D eigenvalue weighted by Gasteiger charge is 2.34. The molecule has 0 saturated carbocycles. The van der Waals surface area contributed by atoms with E-state index in [9.17, 15) is 13.2 Å². The summed E-state index contributed by atoms with van der Waals surface area (Å²) in [6.07, 6.45) is -4.45. The lowest BCUT2D eigenvalue weighted by atomic mass is 10.3. The SMILES string of the molecule is Cc1cc(C(F)(F)F)nn1CC(=N)N. The van der Waals surface area contributed by atoms with Gasteiger partial charge in [0.2, 0.25) is 0 Å². The van der Waals surface area contributed by atoms with Gasteiger partial charge in [-0.05, 0) is 13.0 Å². The second-order valence-corrected chi connectivity index (χ2v) is 2.85. The summed E-state index contributed by atoms with van der Waals surface area (Å²) in [7, 11) is 0. The van der Waals surface area contributed by atoms with Crippen molar-refractivity contribution in [2.75, 3.05) is 0 Å². The van der Waals surface area contributed by atoms with Gasteiger partial charge in [-0.1, -0.05) is 0 Å². The monoisotopic (exact) mass is 206 g/mol. The van der Waals surface area contributed by atoms with E-state index in [0.29, 0.717) is 5.69 Å². The van der Waals surface area contributed by atoms with Crippen molar-refractivity contribution in [2.45, 2.75) is 19.6 Å². The van der Waals surface area contributed by atoms with Gasteiger partial charge in [0.15, 0.2) is 5.69 Å². The largest absolute Gasteiger partial charge is 0.435 e. The van der Waals surface area contributed by atoms with Crippen LogP contribution >= 0.6 is 0 Å². The summed E-state index contributed by atoms with van der Waals surface area (Å²) in [5, 5.41) is 10.2. The Balaban J connectivity index is 2.99. The van der Waals surface area contributed by atoms with Crippen LogP contribution in [0, 0.1) is 12.3 Å². The lowest BCUT2D eigenvalue weighted by Crippen LogP contribution is -2.20. The number of hydrogen-bond donors (Lipinski definition) is 2. The Hall–Kier alpha value is -1.53. The van der Waals surface area contributed by atoms with E-state index >= 15 is 0 Å². The molecule has 0 amide bonds. The van der Waals surface area contributed by atoms with Gasteiger partial charge in [-0.15, -0.1) is 0 Å². The van der Waals surface area contributed by atoms with Crippen molar-refractivity contribution in [3.8, 4) is 0 Å². The van der Waals surface area contributed by atoms with Crippen LogP contribution in [0.1, 0.15) is 11.4 Å². The van der Waals surface area contributed by atoms with Gasteiger partial charge in [-0.3, -0.25) is 10.1 Å². The Bertz CT molecular complexity index is 352. The molecule has 1 rings (SSSR count). The smallest absolute Gasteiger partial charge is 0.386 e. The Morgan fingerprint density at radius 3 is 2.57 bits per heavy atom. The number of aromatic nitrogens is 2. The maximum absolute atomic E-state index is 12.2.